The number of amides is 1. The van der Waals surface area contributed by atoms with E-state index in [1.807, 2.05) is 0 Å². The summed E-state index contributed by atoms with van der Waals surface area (Å²) in [4.78, 5) is 22.5. The fourth-order valence-electron chi connectivity index (χ4n) is 2.31. The van der Waals surface area contributed by atoms with Crippen molar-refractivity contribution in [3.8, 4) is 0 Å². The first-order valence-electron chi connectivity index (χ1n) is 7.70. The van der Waals surface area contributed by atoms with Gasteiger partial charge in [0.05, 0.1) is 30.2 Å². The highest BCUT2D eigenvalue weighted by atomic mass is 32.2. The first-order chi connectivity index (χ1) is 12.8. The molecular formula is C18H17N2O6S-. The number of aromatic carboxylic acids is 1. The Morgan fingerprint density at radius 3 is 2.37 bits per heavy atom. The van der Waals surface area contributed by atoms with E-state index in [1.165, 1.54) is 61.7 Å². The van der Waals surface area contributed by atoms with E-state index in [0.29, 0.717) is 5.69 Å². The first-order valence-corrected chi connectivity index (χ1v) is 9.14. The minimum Gasteiger partial charge on any atom is -0.545 e. The molecule has 0 aliphatic heterocycles. The molecule has 0 aliphatic carbocycles. The van der Waals surface area contributed by atoms with Gasteiger partial charge in [0.1, 0.15) is 0 Å². The van der Waals surface area contributed by atoms with E-state index in [9.17, 15) is 23.1 Å². The lowest BCUT2D eigenvalue weighted by Crippen LogP contribution is -2.34. The predicted octanol–water partition coefficient (Wildman–Crippen LogP) is 1.61. The second-order valence-electron chi connectivity index (χ2n) is 5.27. The molecule has 0 radical (unpaired) electrons. The molecule has 0 aromatic heterocycles. The third-order valence-corrected chi connectivity index (χ3v) is 5.36. The predicted molar refractivity (Wildman–Crippen MR) is 98.0 cm³/mol. The summed E-state index contributed by atoms with van der Waals surface area (Å²) in [5, 5.41) is 13.8. The monoisotopic (exact) mass is 389 g/mol. The normalized spacial score (nSPS) is 10.7. The maximum Gasteiger partial charge on any atom is 0.411 e. The highest BCUT2D eigenvalue weighted by Crippen LogP contribution is 2.27. The summed E-state index contributed by atoms with van der Waals surface area (Å²) >= 11 is 0. The lowest BCUT2D eigenvalue weighted by Gasteiger charge is -2.26. The number of methoxy groups -OCH3 is 1. The fourth-order valence-corrected chi connectivity index (χ4v) is 3.77. The number of nitrogens with one attached hydrogen (secondary N) is 1. The van der Waals surface area contributed by atoms with Gasteiger partial charge in [-0.1, -0.05) is 24.3 Å². The van der Waals surface area contributed by atoms with Gasteiger partial charge in [-0.2, -0.15) is 0 Å². The van der Waals surface area contributed by atoms with Crippen molar-refractivity contribution in [2.75, 3.05) is 23.3 Å². The largest absolute Gasteiger partial charge is 0.545 e. The van der Waals surface area contributed by atoms with E-state index in [1.54, 1.807) is 0 Å². The number of para-hydroxylation sites is 1. The van der Waals surface area contributed by atoms with Crippen LogP contribution in [0.4, 0.5) is 16.2 Å². The molecular weight excluding hydrogens is 372 g/mol. The maximum absolute atomic E-state index is 13.0. The van der Waals surface area contributed by atoms with Crippen LogP contribution in [-0.4, -0.2) is 34.1 Å². The van der Waals surface area contributed by atoms with Crippen molar-refractivity contribution in [1.82, 2.24) is 0 Å². The van der Waals surface area contributed by atoms with Crippen LogP contribution >= 0.6 is 0 Å². The molecule has 2 aromatic rings. The number of carboxylic acids is 1. The molecule has 0 spiro atoms. The van der Waals surface area contributed by atoms with Crippen molar-refractivity contribution in [2.45, 2.75) is 4.90 Å². The van der Waals surface area contributed by atoms with Gasteiger partial charge in [0.15, 0.2) is 0 Å². The summed E-state index contributed by atoms with van der Waals surface area (Å²) in [6, 6.07) is 11.0. The average molecular weight is 389 g/mol. The van der Waals surface area contributed by atoms with E-state index in [4.69, 9.17) is 0 Å². The Morgan fingerprint density at radius 2 is 1.81 bits per heavy atom. The molecule has 27 heavy (non-hydrogen) atoms. The van der Waals surface area contributed by atoms with Crippen molar-refractivity contribution in [2.24, 2.45) is 0 Å². The number of hydrogen-bond acceptors (Lipinski definition) is 6. The molecule has 0 atom stereocenters. The quantitative estimate of drug-likeness (QED) is 0.719. The van der Waals surface area contributed by atoms with E-state index >= 15 is 0 Å². The Balaban J connectivity index is 2.46. The number of ether oxygens (including phenoxy) is 1. The third kappa shape index (κ3) is 4.45. The number of carbonyl (C=O) groups excluding carboxylic acids is 2. The molecule has 0 saturated heterocycles. The van der Waals surface area contributed by atoms with Crippen molar-refractivity contribution in [1.29, 1.82) is 0 Å². The van der Waals surface area contributed by atoms with Crippen LogP contribution in [0.2, 0.25) is 0 Å². The van der Waals surface area contributed by atoms with Crippen molar-refractivity contribution >= 4 is 33.5 Å². The summed E-state index contributed by atoms with van der Waals surface area (Å²) < 4.78 is 31.5. The molecule has 0 aliphatic rings. The molecule has 0 saturated carbocycles. The lowest BCUT2D eigenvalue weighted by molar-refractivity contribution is -0.254. The second kappa shape index (κ2) is 8.37. The number of rotatable bonds is 7. The van der Waals surface area contributed by atoms with Gasteiger partial charge in [-0.3, -0.25) is 9.62 Å². The Hall–Kier alpha value is -3.33. The Morgan fingerprint density at radius 1 is 1.19 bits per heavy atom. The van der Waals surface area contributed by atoms with Crippen molar-refractivity contribution in [3.63, 3.8) is 0 Å². The van der Waals surface area contributed by atoms with Crippen LogP contribution in [0, 0.1) is 0 Å². The summed E-state index contributed by atoms with van der Waals surface area (Å²) in [5.74, 6) is -1.49. The van der Waals surface area contributed by atoms with E-state index in [-0.39, 0.29) is 22.7 Å². The van der Waals surface area contributed by atoms with Gasteiger partial charge in [-0.15, -0.1) is 6.58 Å². The zero-order chi connectivity index (χ0) is 20.0. The zero-order valence-corrected chi connectivity index (χ0v) is 15.2. The molecule has 142 valence electrons. The van der Waals surface area contributed by atoms with Crippen LogP contribution in [-0.2, 0) is 14.8 Å². The average Bonchev–Trinajstić information content (AvgIpc) is 2.66. The summed E-state index contributed by atoms with van der Waals surface area (Å²) in [6.07, 6.45) is 0.651. The third-order valence-electron chi connectivity index (χ3n) is 3.56. The number of carbonyl (C=O) groups is 2. The molecule has 1 N–H and O–H groups in total. The van der Waals surface area contributed by atoms with Crippen LogP contribution in [0.25, 0.3) is 0 Å². The number of sulfonamides is 1. The number of anilines is 2. The van der Waals surface area contributed by atoms with E-state index in [2.05, 4.69) is 16.6 Å². The van der Waals surface area contributed by atoms with Gasteiger partial charge in [-0.25, -0.2) is 13.2 Å². The van der Waals surface area contributed by atoms with E-state index < -0.39 is 22.1 Å². The number of benzene rings is 2. The fraction of sp³-hybridized carbons (Fsp3) is 0.111. The van der Waals surface area contributed by atoms with Crippen LogP contribution in [0.1, 0.15) is 10.4 Å². The van der Waals surface area contributed by atoms with E-state index in [0.717, 1.165) is 4.31 Å². The molecule has 2 aromatic carbocycles. The SMILES string of the molecule is C=CCN(c1ccccc1C(=O)[O-])S(=O)(=O)c1ccc(NC(=O)OC)cc1. The number of nitrogens with zero attached hydrogens (tertiary/aromatic N) is 1. The summed E-state index contributed by atoms with van der Waals surface area (Å²) in [7, 11) is -2.89. The Kier molecular flexibility index (Phi) is 6.19. The van der Waals surface area contributed by atoms with Crippen LogP contribution in [0.3, 0.4) is 0 Å². The lowest BCUT2D eigenvalue weighted by atomic mass is 10.2. The van der Waals surface area contributed by atoms with Gasteiger partial charge in [-0.05, 0) is 30.3 Å². The highest BCUT2D eigenvalue weighted by molar-refractivity contribution is 7.92. The van der Waals surface area contributed by atoms with Gasteiger partial charge < -0.3 is 14.6 Å². The van der Waals surface area contributed by atoms with Crippen molar-refractivity contribution in [3.05, 3.63) is 66.7 Å². The molecule has 0 fully saturated rings. The molecule has 1 amide bonds. The smallest absolute Gasteiger partial charge is 0.411 e. The Bertz CT molecular complexity index is 954. The van der Waals surface area contributed by atoms with Gasteiger partial charge in [0.25, 0.3) is 10.0 Å². The number of hydrogen-bond donors (Lipinski definition) is 1. The topological polar surface area (TPSA) is 116 Å². The summed E-state index contributed by atoms with van der Waals surface area (Å²) in [6.45, 7) is 3.39. The van der Waals surface area contributed by atoms with Crippen LogP contribution in [0.15, 0.2) is 66.1 Å². The standard InChI is InChI=1S/C18H18N2O6S/c1-3-12-20(16-7-5-4-6-15(16)17(21)22)27(24,25)14-10-8-13(9-11-14)19-18(23)26-2/h3-11H,1,12H2,2H3,(H,19,23)(H,21,22)/p-1. The first kappa shape index (κ1) is 20.0. The van der Waals surface area contributed by atoms with Gasteiger partial charge >= 0.3 is 6.09 Å². The van der Waals surface area contributed by atoms with Crippen LogP contribution in [0.5, 0.6) is 0 Å². The second-order valence-corrected chi connectivity index (χ2v) is 7.13. The highest BCUT2D eigenvalue weighted by Gasteiger charge is 2.26. The van der Waals surface area contributed by atoms with Gasteiger partial charge in [0.2, 0.25) is 0 Å². The molecule has 2 rings (SSSR count). The minimum absolute atomic E-state index is 0.0332. The zero-order valence-electron chi connectivity index (χ0n) is 14.4. The molecule has 8 nitrogen and oxygen atoms in total. The van der Waals surface area contributed by atoms with Crippen LogP contribution < -0.4 is 14.7 Å². The Labute approximate surface area is 156 Å². The van der Waals surface area contributed by atoms with Gasteiger partial charge in [0, 0.05) is 11.3 Å². The molecule has 0 heterocycles. The molecule has 0 bridgehead atoms. The summed E-state index contributed by atoms with van der Waals surface area (Å²) in [5.41, 5.74) is 0.0484. The maximum atomic E-state index is 13.0. The van der Waals surface area contributed by atoms with Crippen molar-refractivity contribution < 1.29 is 27.9 Å². The minimum atomic E-state index is -4.10. The molecule has 0 unspecified atom stereocenters. The number of carboxylic acid groups (broad SMARTS) is 1. The molecule has 9 heteroatoms.